The van der Waals surface area contributed by atoms with E-state index < -0.39 is 29.6 Å². The Labute approximate surface area is 259 Å². The number of thioether (sulfide) groups is 1. The van der Waals surface area contributed by atoms with E-state index in [0.717, 1.165) is 26.7 Å². The number of imide groups is 1. The van der Waals surface area contributed by atoms with Crippen LogP contribution >= 0.6 is 27.7 Å². The van der Waals surface area contributed by atoms with Crippen LogP contribution in [0.3, 0.4) is 0 Å². The predicted octanol–water partition coefficient (Wildman–Crippen LogP) is 5.86. The molecule has 0 spiro atoms. The van der Waals surface area contributed by atoms with Gasteiger partial charge in [-0.2, -0.15) is 5.26 Å². The number of benzene rings is 3. The van der Waals surface area contributed by atoms with Crippen molar-refractivity contribution in [1.82, 2.24) is 4.98 Å². The number of nitrogens with zero attached hydrogens (tertiary/aromatic N) is 3. The SMILES string of the molecule is COc1ccccc1-c1ccc(C#N)c(SC2CC(=O)N(c3ccc(C(=O)OCC(=O)c4ccc(Br)cc4)cc3)C2=O)n1. The number of para-hydroxylation sites is 1. The number of rotatable bonds is 9. The van der Waals surface area contributed by atoms with E-state index in [1.54, 1.807) is 49.6 Å². The van der Waals surface area contributed by atoms with Crippen molar-refractivity contribution in [2.45, 2.75) is 16.7 Å². The normalized spacial score (nSPS) is 14.3. The van der Waals surface area contributed by atoms with E-state index in [0.29, 0.717) is 22.0 Å². The van der Waals surface area contributed by atoms with E-state index in [2.05, 4.69) is 27.0 Å². The zero-order valence-corrected chi connectivity index (χ0v) is 25.1. The van der Waals surface area contributed by atoms with Gasteiger partial charge >= 0.3 is 5.97 Å². The number of hydrogen-bond acceptors (Lipinski definition) is 9. The number of esters is 1. The van der Waals surface area contributed by atoms with Crippen molar-refractivity contribution < 1.29 is 28.7 Å². The number of aromatic nitrogens is 1. The van der Waals surface area contributed by atoms with Crippen LogP contribution in [0.5, 0.6) is 5.75 Å². The highest BCUT2D eigenvalue weighted by Crippen LogP contribution is 2.37. The smallest absolute Gasteiger partial charge is 0.338 e. The van der Waals surface area contributed by atoms with E-state index in [9.17, 15) is 24.4 Å². The van der Waals surface area contributed by atoms with E-state index >= 15 is 0 Å². The second-order valence-corrected chi connectivity index (χ2v) is 11.4. The molecule has 3 aromatic carbocycles. The van der Waals surface area contributed by atoms with Gasteiger partial charge in [-0.25, -0.2) is 14.7 Å². The lowest BCUT2D eigenvalue weighted by Crippen LogP contribution is -2.31. The summed E-state index contributed by atoms with van der Waals surface area (Å²) in [6.45, 7) is -0.429. The average Bonchev–Trinajstić information content (AvgIpc) is 3.31. The molecule has 0 saturated carbocycles. The second-order valence-electron chi connectivity index (χ2n) is 9.29. The zero-order valence-electron chi connectivity index (χ0n) is 22.7. The van der Waals surface area contributed by atoms with Crippen LogP contribution in [-0.2, 0) is 14.3 Å². The van der Waals surface area contributed by atoms with E-state index in [1.807, 2.05) is 18.2 Å². The molecule has 5 rings (SSSR count). The third-order valence-electron chi connectivity index (χ3n) is 6.58. The molecule has 0 N–H and O–H groups in total. The van der Waals surface area contributed by atoms with Crippen molar-refractivity contribution in [2.75, 3.05) is 18.6 Å². The molecule has 1 saturated heterocycles. The average molecular weight is 657 g/mol. The summed E-state index contributed by atoms with van der Waals surface area (Å²) < 4.78 is 11.4. The number of carbonyl (C=O) groups excluding carboxylic acids is 4. The van der Waals surface area contributed by atoms with E-state index in [1.165, 1.54) is 24.3 Å². The van der Waals surface area contributed by atoms with Crippen LogP contribution in [0.2, 0.25) is 0 Å². The quantitative estimate of drug-likeness (QED) is 0.124. The first-order valence-electron chi connectivity index (χ1n) is 12.9. The molecule has 1 aliphatic heterocycles. The minimum absolute atomic E-state index is 0.0864. The summed E-state index contributed by atoms with van der Waals surface area (Å²) in [6, 6.07) is 25.2. The molecule has 1 aromatic heterocycles. The summed E-state index contributed by atoms with van der Waals surface area (Å²) in [5.41, 5.74) is 2.43. The van der Waals surface area contributed by atoms with Crippen molar-refractivity contribution in [2.24, 2.45) is 0 Å². The van der Waals surface area contributed by atoms with Crippen LogP contribution < -0.4 is 9.64 Å². The number of pyridine rings is 1. The van der Waals surface area contributed by atoms with Gasteiger partial charge in [0.25, 0.3) is 0 Å². The monoisotopic (exact) mass is 655 g/mol. The zero-order chi connectivity index (χ0) is 30.5. The van der Waals surface area contributed by atoms with Crippen molar-refractivity contribution in [3.63, 3.8) is 0 Å². The van der Waals surface area contributed by atoms with Crippen molar-refractivity contribution in [1.29, 1.82) is 5.26 Å². The van der Waals surface area contributed by atoms with Gasteiger partial charge in [0.2, 0.25) is 11.8 Å². The third kappa shape index (κ3) is 6.51. The molecular weight excluding hydrogens is 634 g/mol. The Bertz CT molecular complexity index is 1770. The second kappa shape index (κ2) is 13.0. The molecule has 0 radical (unpaired) electrons. The van der Waals surface area contributed by atoms with Gasteiger partial charge in [0.05, 0.1) is 34.9 Å². The fourth-order valence-electron chi connectivity index (χ4n) is 4.40. The molecule has 9 nitrogen and oxygen atoms in total. The molecule has 1 atom stereocenters. The number of nitriles is 1. The number of Topliss-reactive ketones (excluding diaryl/α,β-unsaturated/α-hetero) is 1. The number of ether oxygens (including phenoxy) is 2. The van der Waals surface area contributed by atoms with Gasteiger partial charge in [0.1, 0.15) is 16.8 Å². The van der Waals surface area contributed by atoms with Gasteiger partial charge in [-0.05, 0) is 60.7 Å². The molecule has 4 aromatic rings. The Kier molecular flexibility index (Phi) is 8.99. The highest BCUT2D eigenvalue weighted by atomic mass is 79.9. The number of amides is 2. The number of hydrogen-bond donors (Lipinski definition) is 0. The highest BCUT2D eigenvalue weighted by Gasteiger charge is 2.41. The van der Waals surface area contributed by atoms with Crippen molar-refractivity contribution in [3.8, 4) is 23.1 Å². The Morgan fingerprint density at radius 2 is 1.70 bits per heavy atom. The largest absolute Gasteiger partial charge is 0.496 e. The highest BCUT2D eigenvalue weighted by molar-refractivity contribution is 9.10. The molecule has 0 bridgehead atoms. The number of carbonyl (C=O) groups is 4. The molecular formula is C32H22BrN3O6S. The molecule has 1 aliphatic rings. The Morgan fingerprint density at radius 3 is 2.40 bits per heavy atom. The third-order valence-corrected chi connectivity index (χ3v) is 8.30. The predicted molar refractivity (Wildman–Crippen MR) is 163 cm³/mol. The van der Waals surface area contributed by atoms with Gasteiger partial charge in [0, 0.05) is 22.0 Å². The van der Waals surface area contributed by atoms with Crippen LogP contribution in [0, 0.1) is 11.3 Å². The van der Waals surface area contributed by atoms with Gasteiger partial charge in [-0.1, -0.05) is 52.0 Å². The first-order chi connectivity index (χ1) is 20.8. The fourth-order valence-corrected chi connectivity index (χ4v) is 5.76. The van der Waals surface area contributed by atoms with Crippen LogP contribution in [-0.4, -0.2) is 47.5 Å². The number of halogens is 1. The lowest BCUT2D eigenvalue weighted by molar-refractivity contribution is -0.121. The summed E-state index contributed by atoms with van der Waals surface area (Å²) in [5.74, 6) is -1.33. The Balaban J connectivity index is 1.27. The molecule has 0 aliphatic carbocycles. The van der Waals surface area contributed by atoms with Crippen LogP contribution in [0.25, 0.3) is 11.3 Å². The minimum Gasteiger partial charge on any atom is -0.496 e. The van der Waals surface area contributed by atoms with Crippen LogP contribution in [0.15, 0.2) is 94.4 Å². The summed E-state index contributed by atoms with van der Waals surface area (Å²) in [4.78, 5) is 56.8. The van der Waals surface area contributed by atoms with Crippen LogP contribution in [0.1, 0.15) is 32.7 Å². The number of anilines is 1. The fraction of sp³-hybridized carbons (Fsp3) is 0.125. The summed E-state index contributed by atoms with van der Waals surface area (Å²) >= 11 is 4.36. The van der Waals surface area contributed by atoms with Gasteiger partial charge < -0.3 is 9.47 Å². The Hall–Kier alpha value is -4.79. The molecule has 43 heavy (non-hydrogen) atoms. The lowest BCUT2D eigenvalue weighted by atomic mass is 10.1. The summed E-state index contributed by atoms with van der Waals surface area (Å²) in [6.07, 6.45) is -0.0864. The maximum Gasteiger partial charge on any atom is 0.338 e. The number of methoxy groups -OCH3 is 1. The maximum atomic E-state index is 13.3. The molecule has 1 fully saturated rings. The van der Waals surface area contributed by atoms with E-state index in [4.69, 9.17) is 9.47 Å². The van der Waals surface area contributed by atoms with Gasteiger partial charge in [-0.3, -0.25) is 14.4 Å². The van der Waals surface area contributed by atoms with Gasteiger partial charge in [0.15, 0.2) is 12.4 Å². The van der Waals surface area contributed by atoms with Crippen molar-refractivity contribution >= 4 is 56.9 Å². The number of ketones is 1. The van der Waals surface area contributed by atoms with Crippen molar-refractivity contribution in [3.05, 3.63) is 106 Å². The topological polar surface area (TPSA) is 127 Å². The first kappa shape index (κ1) is 29.7. The lowest BCUT2D eigenvalue weighted by Gasteiger charge is -2.16. The molecule has 1 unspecified atom stereocenters. The maximum absolute atomic E-state index is 13.3. The van der Waals surface area contributed by atoms with E-state index in [-0.39, 0.29) is 29.0 Å². The molecule has 11 heteroatoms. The van der Waals surface area contributed by atoms with Gasteiger partial charge in [-0.15, -0.1) is 0 Å². The minimum atomic E-state index is -0.797. The summed E-state index contributed by atoms with van der Waals surface area (Å²) in [7, 11) is 1.55. The molecule has 214 valence electrons. The Morgan fingerprint density at radius 1 is 1.00 bits per heavy atom. The summed E-state index contributed by atoms with van der Waals surface area (Å²) in [5, 5.41) is 9.19. The molecule has 2 amide bonds. The van der Waals surface area contributed by atoms with Crippen LogP contribution in [0.4, 0.5) is 5.69 Å². The molecule has 2 heterocycles. The standard InChI is InChI=1S/C32H22BrN3O6S/c1-41-27-5-3-2-4-24(27)25-15-10-21(17-34)30(35-25)43-28-16-29(38)36(31(28)39)23-13-8-20(9-14-23)32(40)42-18-26(37)19-6-11-22(33)12-7-19/h2-15,28H,16,18H2,1H3. The first-order valence-corrected chi connectivity index (χ1v) is 14.6.